The van der Waals surface area contributed by atoms with Gasteiger partial charge in [-0.05, 0) is 24.9 Å². The van der Waals surface area contributed by atoms with E-state index in [1.807, 2.05) is 0 Å². The maximum atomic E-state index is 11.4. The number of rotatable bonds is 2. The first kappa shape index (κ1) is 11.5. The molecule has 1 aliphatic heterocycles. The zero-order chi connectivity index (χ0) is 10.4. The summed E-state index contributed by atoms with van der Waals surface area (Å²) in [6, 6.07) is 0. The van der Waals surface area contributed by atoms with Gasteiger partial charge in [-0.1, -0.05) is 5.92 Å². The van der Waals surface area contributed by atoms with Crippen molar-refractivity contribution in [2.75, 3.05) is 18.1 Å². The van der Waals surface area contributed by atoms with E-state index in [0.717, 1.165) is 15.7 Å². The second-order valence-corrected chi connectivity index (χ2v) is 5.05. The van der Waals surface area contributed by atoms with Crippen molar-refractivity contribution < 1.29 is 9.53 Å². The third-order valence-electron chi connectivity index (χ3n) is 1.58. The highest BCUT2D eigenvalue weighted by molar-refractivity contribution is 8.22. The minimum absolute atomic E-state index is 0.368. The molecule has 0 aromatic rings. The fourth-order valence-electron chi connectivity index (χ4n) is 0.979. The number of hydrogen-bond acceptors (Lipinski definition) is 4. The van der Waals surface area contributed by atoms with E-state index < -0.39 is 0 Å². The number of carbonyl (C=O) groups is 1. The molecule has 0 N–H and O–H groups in total. The van der Waals surface area contributed by atoms with Gasteiger partial charge < -0.3 is 4.74 Å². The predicted octanol–water partition coefficient (Wildman–Crippen LogP) is 2.26. The van der Waals surface area contributed by atoms with Crippen LogP contribution >= 0.6 is 23.5 Å². The predicted molar refractivity (Wildman–Crippen MR) is 62.0 cm³/mol. The molecular weight excluding hydrogens is 216 g/mol. The lowest BCUT2D eigenvalue weighted by molar-refractivity contribution is -0.137. The lowest BCUT2D eigenvalue weighted by Crippen LogP contribution is -2.09. The zero-order valence-electron chi connectivity index (χ0n) is 8.04. The van der Waals surface area contributed by atoms with Crippen LogP contribution in [0.3, 0.4) is 0 Å². The van der Waals surface area contributed by atoms with Crippen LogP contribution in [0.15, 0.2) is 9.81 Å². The van der Waals surface area contributed by atoms with Gasteiger partial charge in [-0.3, -0.25) is 0 Å². The van der Waals surface area contributed by atoms with Crippen molar-refractivity contribution >= 4 is 29.5 Å². The molecule has 0 aromatic heterocycles. The molecule has 2 nitrogen and oxygen atoms in total. The molecule has 0 bridgehead atoms. The molecule has 1 saturated heterocycles. The van der Waals surface area contributed by atoms with E-state index in [0.29, 0.717) is 12.2 Å². The molecule has 0 aromatic carbocycles. The third-order valence-corrected chi connectivity index (χ3v) is 4.21. The van der Waals surface area contributed by atoms with Gasteiger partial charge in [0.25, 0.3) is 0 Å². The van der Waals surface area contributed by atoms with Gasteiger partial charge in [-0.2, -0.15) is 0 Å². The van der Waals surface area contributed by atoms with E-state index >= 15 is 0 Å². The van der Waals surface area contributed by atoms with E-state index in [4.69, 9.17) is 11.2 Å². The molecule has 0 saturated carbocycles. The van der Waals surface area contributed by atoms with E-state index in [1.54, 1.807) is 30.4 Å². The zero-order valence-corrected chi connectivity index (χ0v) is 9.67. The van der Waals surface area contributed by atoms with Gasteiger partial charge in [0.2, 0.25) is 0 Å². The molecule has 0 radical (unpaired) electrons. The summed E-state index contributed by atoms with van der Waals surface area (Å²) in [5.41, 5.74) is 0.390. The molecule has 0 amide bonds. The van der Waals surface area contributed by atoms with Gasteiger partial charge in [0, 0.05) is 0 Å². The Morgan fingerprint density at radius 1 is 1.57 bits per heavy atom. The molecular formula is C10H12O2S2. The van der Waals surface area contributed by atoms with E-state index in [1.165, 1.54) is 6.42 Å². The summed E-state index contributed by atoms with van der Waals surface area (Å²) < 4.78 is 5.82. The number of ether oxygens (including phenoxy) is 1. The van der Waals surface area contributed by atoms with Crippen LogP contribution in [0, 0.1) is 12.3 Å². The SMILES string of the molecule is C#CC(C(=O)OCC)=C1SCCCS1. The van der Waals surface area contributed by atoms with Crippen molar-refractivity contribution in [3.63, 3.8) is 0 Å². The van der Waals surface area contributed by atoms with Crippen molar-refractivity contribution in [3.05, 3.63) is 9.81 Å². The van der Waals surface area contributed by atoms with Crippen LogP contribution in [0.25, 0.3) is 0 Å². The quantitative estimate of drug-likeness (QED) is 0.411. The Labute approximate surface area is 92.8 Å². The van der Waals surface area contributed by atoms with Gasteiger partial charge in [-0.15, -0.1) is 29.9 Å². The van der Waals surface area contributed by atoms with Crippen LogP contribution in [-0.4, -0.2) is 24.1 Å². The average Bonchev–Trinajstić information content (AvgIpc) is 2.21. The summed E-state index contributed by atoms with van der Waals surface area (Å²) in [7, 11) is 0. The molecule has 14 heavy (non-hydrogen) atoms. The van der Waals surface area contributed by atoms with Crippen molar-refractivity contribution in [2.45, 2.75) is 13.3 Å². The Hall–Kier alpha value is -0.530. The third kappa shape index (κ3) is 3.00. The molecule has 0 atom stereocenters. The number of carbonyl (C=O) groups excluding carboxylic acids is 1. The first-order chi connectivity index (χ1) is 6.79. The maximum Gasteiger partial charge on any atom is 0.348 e. The van der Waals surface area contributed by atoms with Crippen molar-refractivity contribution in [1.29, 1.82) is 0 Å². The average molecular weight is 228 g/mol. The summed E-state index contributed by atoms with van der Waals surface area (Å²) in [5.74, 6) is 4.12. The standard InChI is InChI=1S/C10H12O2S2/c1-3-8(9(11)12-4-2)10-13-6-5-7-14-10/h1H,4-7H2,2H3. The highest BCUT2D eigenvalue weighted by Gasteiger charge is 2.17. The van der Waals surface area contributed by atoms with Gasteiger partial charge in [0.15, 0.2) is 0 Å². The number of thioether (sulfide) groups is 2. The molecule has 1 rings (SSSR count). The van der Waals surface area contributed by atoms with Crippen molar-refractivity contribution in [2.24, 2.45) is 0 Å². The monoisotopic (exact) mass is 228 g/mol. The Bertz CT molecular complexity index is 281. The fraction of sp³-hybridized carbons (Fsp3) is 0.500. The lowest BCUT2D eigenvalue weighted by atomic mass is 10.3. The molecule has 0 spiro atoms. The highest BCUT2D eigenvalue weighted by atomic mass is 32.2. The van der Waals surface area contributed by atoms with E-state index in [2.05, 4.69) is 5.92 Å². The largest absolute Gasteiger partial charge is 0.462 e. The van der Waals surface area contributed by atoms with Crippen LogP contribution in [0.5, 0.6) is 0 Å². The normalized spacial score (nSPS) is 15.9. The van der Waals surface area contributed by atoms with Crippen molar-refractivity contribution in [3.8, 4) is 12.3 Å². The summed E-state index contributed by atoms with van der Waals surface area (Å²) >= 11 is 3.30. The second kappa shape index (κ2) is 6.05. The van der Waals surface area contributed by atoms with Gasteiger partial charge in [0.05, 0.1) is 10.8 Å². The molecule has 0 unspecified atom stereocenters. The van der Waals surface area contributed by atoms with Crippen LogP contribution in [-0.2, 0) is 9.53 Å². The minimum Gasteiger partial charge on any atom is -0.462 e. The van der Waals surface area contributed by atoms with Crippen molar-refractivity contribution in [1.82, 2.24) is 0 Å². The Kier molecular flexibility index (Phi) is 4.99. The summed E-state index contributed by atoms with van der Waals surface area (Å²) in [5, 5.41) is 0. The van der Waals surface area contributed by atoms with Gasteiger partial charge in [-0.25, -0.2) is 4.79 Å². The Balaban J connectivity index is 2.77. The van der Waals surface area contributed by atoms with Gasteiger partial charge in [0.1, 0.15) is 5.57 Å². The number of terminal acetylenes is 1. The highest BCUT2D eigenvalue weighted by Crippen LogP contribution is 2.37. The first-order valence-corrected chi connectivity index (χ1v) is 6.40. The second-order valence-electron chi connectivity index (χ2n) is 2.58. The van der Waals surface area contributed by atoms with Gasteiger partial charge >= 0.3 is 5.97 Å². The molecule has 1 heterocycles. The molecule has 0 aliphatic carbocycles. The van der Waals surface area contributed by atoms with Crippen LogP contribution in [0.4, 0.5) is 0 Å². The number of esters is 1. The summed E-state index contributed by atoms with van der Waals surface area (Å²) in [6.45, 7) is 2.14. The lowest BCUT2D eigenvalue weighted by Gasteiger charge is -2.14. The van der Waals surface area contributed by atoms with Crippen LogP contribution in [0.2, 0.25) is 0 Å². The Morgan fingerprint density at radius 3 is 2.71 bits per heavy atom. The number of hydrogen-bond donors (Lipinski definition) is 0. The fourth-order valence-corrected chi connectivity index (χ4v) is 3.52. The van der Waals surface area contributed by atoms with Crippen LogP contribution in [0.1, 0.15) is 13.3 Å². The van der Waals surface area contributed by atoms with E-state index in [9.17, 15) is 4.79 Å². The first-order valence-electron chi connectivity index (χ1n) is 4.43. The topological polar surface area (TPSA) is 26.3 Å². The van der Waals surface area contributed by atoms with E-state index in [-0.39, 0.29) is 5.97 Å². The maximum absolute atomic E-state index is 11.4. The Morgan fingerprint density at radius 2 is 2.21 bits per heavy atom. The summed E-state index contributed by atoms with van der Waals surface area (Å²) in [6.07, 6.45) is 6.47. The molecule has 76 valence electrons. The molecule has 1 aliphatic rings. The summed E-state index contributed by atoms with van der Waals surface area (Å²) in [4.78, 5) is 11.4. The molecule has 1 fully saturated rings. The minimum atomic E-state index is -0.369. The van der Waals surface area contributed by atoms with Crippen LogP contribution < -0.4 is 0 Å². The smallest absolute Gasteiger partial charge is 0.348 e. The molecule has 4 heteroatoms.